The zero-order valence-electron chi connectivity index (χ0n) is 24.3. The summed E-state index contributed by atoms with van der Waals surface area (Å²) >= 11 is 0. The van der Waals surface area contributed by atoms with Crippen LogP contribution in [0.5, 0.6) is 0 Å². The van der Waals surface area contributed by atoms with E-state index in [2.05, 4.69) is 0 Å². The summed E-state index contributed by atoms with van der Waals surface area (Å²) in [5.41, 5.74) is -7.75. The normalized spacial score (nSPS) is 40.0. The van der Waals surface area contributed by atoms with Gasteiger partial charge in [-0.25, -0.2) is 9.59 Å². The molecule has 0 bridgehead atoms. The lowest BCUT2D eigenvalue weighted by Gasteiger charge is -2.70. The van der Waals surface area contributed by atoms with E-state index >= 15 is 0 Å². The Morgan fingerprint density at radius 1 is 1.05 bits per heavy atom. The monoisotopic (exact) mass is 584 g/mol. The number of hydrogen-bond acceptors (Lipinski definition) is 11. The molecule has 6 rings (SSSR count). The lowest BCUT2D eigenvalue weighted by molar-refractivity contribution is -0.369. The molecule has 2 aliphatic heterocycles. The number of carbonyl (C=O) groups excluding carboxylic acids is 4. The third-order valence-corrected chi connectivity index (χ3v) is 10.4. The first kappa shape index (κ1) is 28.8. The molecule has 0 radical (unpaired) electrons. The minimum absolute atomic E-state index is 0.0104. The molecule has 8 unspecified atom stereocenters. The van der Waals surface area contributed by atoms with Gasteiger partial charge in [0.2, 0.25) is 0 Å². The molecule has 11 heteroatoms. The van der Waals surface area contributed by atoms with Crippen molar-refractivity contribution in [3.63, 3.8) is 0 Å². The van der Waals surface area contributed by atoms with E-state index in [-0.39, 0.29) is 30.6 Å². The second kappa shape index (κ2) is 9.11. The van der Waals surface area contributed by atoms with Gasteiger partial charge in [-0.3, -0.25) is 9.59 Å². The van der Waals surface area contributed by atoms with E-state index in [0.29, 0.717) is 12.0 Å². The maximum absolute atomic E-state index is 13.9. The third-order valence-electron chi connectivity index (χ3n) is 10.4. The van der Waals surface area contributed by atoms with Crippen LogP contribution in [0.3, 0.4) is 0 Å². The van der Waals surface area contributed by atoms with Crippen LogP contribution in [0.25, 0.3) is 0 Å². The van der Waals surface area contributed by atoms with Gasteiger partial charge >= 0.3 is 23.9 Å². The molecular weight excluding hydrogens is 548 g/mol. The number of carbonyl (C=O) groups is 4. The lowest BCUT2D eigenvalue weighted by atomic mass is 9.38. The summed E-state index contributed by atoms with van der Waals surface area (Å²) in [4.78, 5) is 52.9. The molecule has 1 aromatic rings. The molecule has 2 saturated heterocycles. The van der Waals surface area contributed by atoms with Crippen molar-refractivity contribution < 1.29 is 53.1 Å². The van der Waals surface area contributed by atoms with Crippen LogP contribution < -0.4 is 0 Å². The number of rotatable bonds is 5. The quantitative estimate of drug-likeness (QED) is 0.297. The number of fused-ring (bicyclic) bond motifs is 4. The Morgan fingerprint density at radius 2 is 1.74 bits per heavy atom. The van der Waals surface area contributed by atoms with Crippen LogP contribution in [-0.2, 0) is 38.1 Å². The Kier molecular flexibility index (Phi) is 6.25. The van der Waals surface area contributed by atoms with Gasteiger partial charge in [0.15, 0.2) is 11.2 Å². The first-order valence-electron chi connectivity index (χ1n) is 14.2. The molecule has 4 fully saturated rings. The van der Waals surface area contributed by atoms with Crippen molar-refractivity contribution in [2.24, 2.45) is 16.7 Å². The van der Waals surface area contributed by atoms with E-state index in [9.17, 15) is 29.4 Å². The van der Waals surface area contributed by atoms with Gasteiger partial charge in [-0.2, -0.15) is 0 Å². The van der Waals surface area contributed by atoms with Crippen molar-refractivity contribution in [3.8, 4) is 0 Å². The fourth-order valence-corrected chi connectivity index (χ4v) is 8.93. The summed E-state index contributed by atoms with van der Waals surface area (Å²) in [5, 5.41) is 24.9. The molecule has 226 valence electrons. The van der Waals surface area contributed by atoms with Gasteiger partial charge in [0, 0.05) is 20.3 Å². The minimum atomic E-state index is -2.40. The van der Waals surface area contributed by atoms with Crippen LogP contribution >= 0.6 is 0 Å². The number of benzene rings is 1. The highest BCUT2D eigenvalue weighted by atomic mass is 16.6. The highest BCUT2D eigenvalue weighted by molar-refractivity contribution is 5.91. The maximum Gasteiger partial charge on any atom is 0.343 e. The topological polar surface area (TPSA) is 155 Å². The SMILES string of the molecule is CC(=O)OC1CC2OCC2(OC(C)=O)C2C(OC(=O)c3ccccc3)C3(C(C)(C)O)CCC(C)=C3C3(O)C(=O)OCC123. The number of cyclic esters (lactones) is 1. The molecule has 1 aromatic carbocycles. The Labute approximate surface area is 243 Å². The van der Waals surface area contributed by atoms with Crippen molar-refractivity contribution in [3.05, 3.63) is 47.0 Å². The minimum Gasteiger partial charge on any atom is -0.462 e. The number of allylic oxidation sites excluding steroid dienone is 1. The van der Waals surface area contributed by atoms with E-state index in [1.165, 1.54) is 13.8 Å². The molecule has 3 aliphatic carbocycles. The van der Waals surface area contributed by atoms with Crippen LogP contribution in [0.2, 0.25) is 0 Å². The molecule has 8 atom stereocenters. The van der Waals surface area contributed by atoms with Gasteiger partial charge in [0.1, 0.15) is 24.9 Å². The van der Waals surface area contributed by atoms with E-state index in [4.69, 9.17) is 23.7 Å². The smallest absolute Gasteiger partial charge is 0.343 e. The summed E-state index contributed by atoms with van der Waals surface area (Å²) in [7, 11) is 0. The van der Waals surface area contributed by atoms with Crippen LogP contribution in [0.1, 0.15) is 64.2 Å². The average molecular weight is 585 g/mol. The first-order valence-corrected chi connectivity index (χ1v) is 14.2. The molecule has 0 aromatic heterocycles. The molecule has 2 N–H and O–H groups in total. The molecule has 2 heterocycles. The Bertz CT molecular complexity index is 1390. The third kappa shape index (κ3) is 3.38. The van der Waals surface area contributed by atoms with Crippen molar-refractivity contribution >= 4 is 23.9 Å². The van der Waals surface area contributed by atoms with Crippen molar-refractivity contribution in [1.82, 2.24) is 0 Å². The first-order chi connectivity index (χ1) is 19.7. The number of esters is 4. The van der Waals surface area contributed by atoms with Gasteiger partial charge in [-0.1, -0.05) is 23.8 Å². The predicted molar refractivity (Wildman–Crippen MR) is 143 cm³/mol. The second-order valence-electron chi connectivity index (χ2n) is 12.9. The van der Waals surface area contributed by atoms with E-state index in [0.717, 1.165) is 0 Å². The molecule has 5 aliphatic rings. The summed E-state index contributed by atoms with van der Waals surface area (Å²) in [6.45, 7) is 6.78. The largest absolute Gasteiger partial charge is 0.462 e. The Balaban J connectivity index is 1.69. The van der Waals surface area contributed by atoms with Crippen molar-refractivity contribution in [2.45, 2.75) is 89.0 Å². The fraction of sp³-hybridized carbons (Fsp3) is 0.613. The second-order valence-corrected chi connectivity index (χ2v) is 12.9. The van der Waals surface area contributed by atoms with Crippen LogP contribution in [0.15, 0.2) is 41.5 Å². The van der Waals surface area contributed by atoms with Gasteiger partial charge < -0.3 is 33.9 Å². The molecule has 1 spiro atoms. The maximum atomic E-state index is 13.9. The summed E-state index contributed by atoms with van der Waals surface area (Å²) in [6, 6.07) is 8.31. The highest BCUT2D eigenvalue weighted by Gasteiger charge is 2.89. The van der Waals surface area contributed by atoms with Crippen LogP contribution in [-0.4, -0.2) is 82.4 Å². The van der Waals surface area contributed by atoms with Gasteiger partial charge in [-0.05, 0) is 51.3 Å². The highest BCUT2D eigenvalue weighted by Crippen LogP contribution is 2.75. The summed E-state index contributed by atoms with van der Waals surface area (Å²) in [6.07, 6.45) is -2.65. The summed E-state index contributed by atoms with van der Waals surface area (Å²) in [5.74, 6) is -4.16. The Morgan fingerprint density at radius 3 is 2.31 bits per heavy atom. The van der Waals surface area contributed by atoms with Gasteiger partial charge in [-0.15, -0.1) is 0 Å². The molecule has 2 saturated carbocycles. The number of ether oxygens (including phenoxy) is 5. The standard InChI is InChI=1S/C31H36O11/c1-16-11-12-28(27(4,5)36)22(16)31(37)26(35)39-14-29(31)20(40-17(2)32)13-21-30(15-38-21,42-18(3)33)23(29)24(28)41-25(34)19-9-7-6-8-10-19/h6-10,20-21,23-24,36-37H,11-15H2,1-5H3. The van der Waals surface area contributed by atoms with Gasteiger partial charge in [0.05, 0.1) is 34.5 Å². The van der Waals surface area contributed by atoms with Gasteiger partial charge in [0.25, 0.3) is 0 Å². The average Bonchev–Trinajstić information content (AvgIpc) is 3.40. The zero-order chi connectivity index (χ0) is 30.5. The molecule has 0 amide bonds. The predicted octanol–water partition coefficient (Wildman–Crippen LogP) is 2.02. The zero-order valence-corrected chi connectivity index (χ0v) is 24.3. The van der Waals surface area contributed by atoms with E-state index in [1.54, 1.807) is 51.1 Å². The van der Waals surface area contributed by atoms with Crippen LogP contribution in [0.4, 0.5) is 0 Å². The van der Waals surface area contributed by atoms with Crippen molar-refractivity contribution in [2.75, 3.05) is 13.2 Å². The van der Waals surface area contributed by atoms with E-state index < -0.39 is 82.3 Å². The number of aliphatic hydroxyl groups is 2. The van der Waals surface area contributed by atoms with E-state index in [1.807, 2.05) is 0 Å². The molecule has 42 heavy (non-hydrogen) atoms. The Hall–Kier alpha value is -3.28. The molecule has 11 nitrogen and oxygen atoms in total. The molecular formula is C31H36O11. The summed E-state index contributed by atoms with van der Waals surface area (Å²) < 4.78 is 29.9. The number of hydrogen-bond donors (Lipinski definition) is 2. The van der Waals surface area contributed by atoms with Crippen LogP contribution in [0, 0.1) is 16.7 Å². The lowest BCUT2D eigenvalue weighted by Crippen LogP contribution is -2.85. The fourth-order valence-electron chi connectivity index (χ4n) is 8.93. The van der Waals surface area contributed by atoms with Crippen molar-refractivity contribution in [1.29, 1.82) is 0 Å².